The number of pyridine rings is 1. The Hall–Kier alpha value is -3.96. The number of carboxylic acid groups (broad SMARTS) is 1. The lowest BCUT2D eigenvalue weighted by molar-refractivity contribution is -0.139. The molecule has 3 N–H and O–H groups in total. The first-order chi connectivity index (χ1) is 20.5. The zero-order valence-corrected chi connectivity index (χ0v) is 26.0. The van der Waals surface area contributed by atoms with Crippen LogP contribution in [0.15, 0.2) is 65.7 Å². The summed E-state index contributed by atoms with van der Waals surface area (Å²) >= 11 is 0. The topological polar surface area (TPSA) is 132 Å². The van der Waals surface area contributed by atoms with E-state index in [1.807, 2.05) is 49.4 Å². The molecule has 2 heterocycles. The van der Waals surface area contributed by atoms with Gasteiger partial charge in [0.15, 0.2) is 0 Å². The molecule has 4 rings (SSSR count). The maximum Gasteiger partial charge on any atom is 0.326 e. The van der Waals surface area contributed by atoms with E-state index >= 15 is 0 Å². The summed E-state index contributed by atoms with van der Waals surface area (Å²) in [4.78, 5) is 32.2. The minimum absolute atomic E-state index is 0.101. The minimum Gasteiger partial charge on any atom is -0.480 e. The third-order valence-electron chi connectivity index (χ3n) is 7.97. The standard InChI is InChI=1S/C32H41N5O5S/c1-5-25-20-27(43(41,42)36(3)4)18-22(2)30(25)31(38)35-28(32(39)40)19-23-9-11-26(12-10-23)37-16-13-24(14-17-37)21-34-29-8-6-7-15-33-29/h6-12,15,18,20,24,28H,5,13-14,16-17,19,21H2,1-4H3,(H,33,34)(H,35,38)(H,39,40). The Morgan fingerprint density at radius 1 is 1.09 bits per heavy atom. The van der Waals surface area contributed by atoms with Gasteiger partial charge in [-0.05, 0) is 85.2 Å². The number of amides is 1. The summed E-state index contributed by atoms with van der Waals surface area (Å²) in [6, 6.07) is 15.5. The fraction of sp³-hybridized carbons (Fsp3) is 0.406. The summed E-state index contributed by atoms with van der Waals surface area (Å²) in [5, 5.41) is 16.0. The number of aliphatic carboxylic acids is 1. The van der Waals surface area contributed by atoms with Gasteiger partial charge < -0.3 is 20.6 Å². The number of aryl methyl sites for hydroxylation is 2. The summed E-state index contributed by atoms with van der Waals surface area (Å²) < 4.78 is 26.4. The highest BCUT2D eigenvalue weighted by Gasteiger charge is 2.26. The van der Waals surface area contributed by atoms with Crippen molar-refractivity contribution in [2.24, 2.45) is 5.92 Å². The highest BCUT2D eigenvalue weighted by atomic mass is 32.2. The number of carbonyl (C=O) groups is 2. The molecule has 10 nitrogen and oxygen atoms in total. The van der Waals surface area contributed by atoms with E-state index in [0.29, 0.717) is 29.0 Å². The molecule has 0 aliphatic carbocycles. The van der Waals surface area contributed by atoms with E-state index in [2.05, 4.69) is 20.5 Å². The van der Waals surface area contributed by atoms with Crippen LogP contribution in [0.3, 0.4) is 0 Å². The molecule has 1 unspecified atom stereocenters. The van der Waals surface area contributed by atoms with Crippen LogP contribution in [-0.2, 0) is 27.7 Å². The van der Waals surface area contributed by atoms with E-state index in [4.69, 9.17) is 0 Å². The Kier molecular flexibility index (Phi) is 10.4. The van der Waals surface area contributed by atoms with Crippen LogP contribution >= 0.6 is 0 Å². The van der Waals surface area contributed by atoms with Gasteiger partial charge in [0.1, 0.15) is 11.9 Å². The maximum absolute atomic E-state index is 13.3. The molecule has 0 bridgehead atoms. The van der Waals surface area contributed by atoms with Crippen LogP contribution in [0.1, 0.15) is 46.8 Å². The maximum atomic E-state index is 13.3. The van der Waals surface area contributed by atoms with Gasteiger partial charge in [0, 0.05) is 57.6 Å². The van der Waals surface area contributed by atoms with Crippen LogP contribution in [0.2, 0.25) is 0 Å². The van der Waals surface area contributed by atoms with Crippen molar-refractivity contribution in [1.29, 1.82) is 0 Å². The predicted molar refractivity (Wildman–Crippen MR) is 168 cm³/mol. The summed E-state index contributed by atoms with van der Waals surface area (Å²) in [6.45, 7) is 6.27. The van der Waals surface area contributed by atoms with Gasteiger partial charge in [0.2, 0.25) is 10.0 Å². The highest BCUT2D eigenvalue weighted by molar-refractivity contribution is 7.89. The Balaban J connectivity index is 1.37. The summed E-state index contributed by atoms with van der Waals surface area (Å²) in [5.41, 5.74) is 3.21. The van der Waals surface area contributed by atoms with Gasteiger partial charge in [-0.1, -0.05) is 25.1 Å². The molecule has 0 radical (unpaired) electrons. The molecule has 43 heavy (non-hydrogen) atoms. The zero-order valence-electron chi connectivity index (χ0n) is 25.2. The molecule has 1 fully saturated rings. The van der Waals surface area contributed by atoms with E-state index in [9.17, 15) is 23.1 Å². The van der Waals surface area contributed by atoms with Crippen LogP contribution < -0.4 is 15.5 Å². The summed E-state index contributed by atoms with van der Waals surface area (Å²) in [6.07, 6.45) is 4.45. The molecule has 0 saturated carbocycles. The van der Waals surface area contributed by atoms with E-state index in [1.165, 1.54) is 26.2 Å². The molecular formula is C32H41N5O5S. The average molecular weight is 608 g/mol. The second-order valence-electron chi connectivity index (χ2n) is 11.2. The first-order valence-corrected chi connectivity index (χ1v) is 16.0. The van der Waals surface area contributed by atoms with Crippen LogP contribution in [-0.4, -0.2) is 74.5 Å². The van der Waals surface area contributed by atoms with E-state index in [-0.39, 0.29) is 11.3 Å². The number of nitrogens with one attached hydrogen (secondary N) is 2. The number of hydrogen-bond acceptors (Lipinski definition) is 7. The number of rotatable bonds is 12. The molecule has 1 amide bonds. The summed E-state index contributed by atoms with van der Waals surface area (Å²) in [7, 11) is -0.778. The number of sulfonamides is 1. The molecule has 1 atom stereocenters. The van der Waals surface area contributed by atoms with Crippen molar-refractivity contribution in [2.45, 2.75) is 50.5 Å². The number of carboxylic acids is 1. The molecule has 0 spiro atoms. The van der Waals surface area contributed by atoms with Crippen LogP contribution in [0, 0.1) is 12.8 Å². The molecule has 2 aromatic carbocycles. The molecule has 1 saturated heterocycles. The minimum atomic E-state index is -3.68. The zero-order chi connectivity index (χ0) is 31.1. The number of anilines is 2. The fourth-order valence-corrected chi connectivity index (χ4v) is 6.45. The molecule has 3 aromatic rings. The number of carbonyl (C=O) groups excluding carboxylic acids is 1. The Morgan fingerprint density at radius 2 is 1.79 bits per heavy atom. The first-order valence-electron chi connectivity index (χ1n) is 14.6. The van der Waals surface area contributed by atoms with Gasteiger partial charge >= 0.3 is 5.97 Å². The molecule has 1 aliphatic heterocycles. The molecule has 230 valence electrons. The van der Waals surface area contributed by atoms with Gasteiger partial charge in [-0.25, -0.2) is 22.5 Å². The molecule has 1 aliphatic rings. The van der Waals surface area contributed by atoms with E-state index in [1.54, 1.807) is 13.1 Å². The largest absolute Gasteiger partial charge is 0.480 e. The molecule has 1 aromatic heterocycles. The quantitative estimate of drug-likeness (QED) is 0.282. The Labute approximate surface area is 254 Å². The molecular weight excluding hydrogens is 566 g/mol. The normalized spacial score (nSPS) is 14.9. The van der Waals surface area contributed by atoms with E-state index < -0.39 is 27.9 Å². The van der Waals surface area contributed by atoms with Gasteiger partial charge in [0.05, 0.1) is 4.90 Å². The van der Waals surface area contributed by atoms with Crippen molar-refractivity contribution in [3.63, 3.8) is 0 Å². The number of benzene rings is 2. The smallest absolute Gasteiger partial charge is 0.326 e. The second-order valence-corrected chi connectivity index (χ2v) is 13.3. The van der Waals surface area contributed by atoms with Gasteiger partial charge in [-0.3, -0.25) is 4.79 Å². The SMILES string of the molecule is CCc1cc(S(=O)(=O)N(C)C)cc(C)c1C(=O)NC(Cc1ccc(N2CCC(CNc3ccccn3)CC2)cc1)C(=O)O. The highest BCUT2D eigenvalue weighted by Crippen LogP contribution is 2.25. The monoisotopic (exact) mass is 607 g/mol. The number of nitrogens with zero attached hydrogens (tertiary/aromatic N) is 3. The van der Waals surface area contributed by atoms with Gasteiger partial charge in [-0.15, -0.1) is 0 Å². The van der Waals surface area contributed by atoms with Gasteiger partial charge in [-0.2, -0.15) is 0 Å². The molecule has 11 heteroatoms. The van der Waals surface area contributed by atoms with Crippen LogP contribution in [0.4, 0.5) is 11.5 Å². The predicted octanol–water partition coefficient (Wildman–Crippen LogP) is 3.96. The van der Waals surface area contributed by atoms with Crippen molar-refractivity contribution < 1.29 is 23.1 Å². The lowest BCUT2D eigenvalue weighted by Gasteiger charge is -2.34. The Bertz CT molecular complexity index is 1520. The first kappa shape index (κ1) is 32.0. The number of hydrogen-bond donors (Lipinski definition) is 3. The lowest BCUT2D eigenvalue weighted by atomic mass is 9.96. The lowest BCUT2D eigenvalue weighted by Crippen LogP contribution is -2.43. The number of aromatic nitrogens is 1. The van der Waals surface area contributed by atoms with Crippen molar-refractivity contribution in [3.05, 3.63) is 83.0 Å². The van der Waals surface area contributed by atoms with Crippen molar-refractivity contribution >= 4 is 33.4 Å². The fourth-order valence-electron chi connectivity index (χ4n) is 5.41. The van der Waals surface area contributed by atoms with Crippen molar-refractivity contribution in [1.82, 2.24) is 14.6 Å². The Morgan fingerprint density at radius 3 is 2.37 bits per heavy atom. The van der Waals surface area contributed by atoms with Crippen LogP contribution in [0.25, 0.3) is 0 Å². The number of piperidine rings is 1. The van der Waals surface area contributed by atoms with E-state index in [0.717, 1.165) is 53.8 Å². The average Bonchev–Trinajstić information content (AvgIpc) is 3.00. The summed E-state index contributed by atoms with van der Waals surface area (Å²) in [5.74, 6) is -0.206. The third-order valence-corrected chi connectivity index (χ3v) is 9.77. The third kappa shape index (κ3) is 7.91. The van der Waals surface area contributed by atoms with Gasteiger partial charge in [0.25, 0.3) is 5.91 Å². The van der Waals surface area contributed by atoms with Crippen LogP contribution in [0.5, 0.6) is 0 Å². The van der Waals surface area contributed by atoms with Crippen molar-refractivity contribution in [2.75, 3.05) is 43.9 Å². The van der Waals surface area contributed by atoms with Crippen molar-refractivity contribution in [3.8, 4) is 0 Å². The second kappa shape index (κ2) is 14.0.